The minimum Gasteiger partial charge on any atom is -0.278 e. The summed E-state index contributed by atoms with van der Waals surface area (Å²) in [6.07, 6.45) is 1.72. The van der Waals surface area contributed by atoms with E-state index in [2.05, 4.69) is 31.1 Å². The minimum absolute atomic E-state index is 0.0873. The Morgan fingerprint density at radius 1 is 1.04 bits per heavy atom. The van der Waals surface area contributed by atoms with Gasteiger partial charge in [-0.05, 0) is 43.0 Å². The Kier molecular flexibility index (Phi) is 4.73. The molecule has 142 valence electrons. The first-order valence-electron chi connectivity index (χ1n) is 9.17. The molecule has 0 aliphatic carbocycles. The van der Waals surface area contributed by atoms with E-state index in [1.54, 1.807) is 34.2 Å². The molecule has 0 spiro atoms. The van der Waals surface area contributed by atoms with Crippen molar-refractivity contribution in [2.24, 2.45) is 7.05 Å². The molecular formula is C22H22N4OS. The highest BCUT2D eigenvalue weighted by Crippen LogP contribution is 2.34. The highest BCUT2D eigenvalue weighted by molar-refractivity contribution is 7.22. The van der Waals surface area contributed by atoms with Crippen molar-refractivity contribution < 1.29 is 4.79 Å². The van der Waals surface area contributed by atoms with E-state index in [-0.39, 0.29) is 5.91 Å². The third-order valence-electron chi connectivity index (χ3n) is 4.91. The van der Waals surface area contributed by atoms with Crippen LogP contribution in [0.1, 0.15) is 32.7 Å². The van der Waals surface area contributed by atoms with Gasteiger partial charge in [0.2, 0.25) is 0 Å². The van der Waals surface area contributed by atoms with Gasteiger partial charge in [-0.2, -0.15) is 5.10 Å². The van der Waals surface area contributed by atoms with Crippen LogP contribution in [0.25, 0.3) is 10.2 Å². The number of anilines is 1. The molecule has 28 heavy (non-hydrogen) atoms. The van der Waals surface area contributed by atoms with Crippen molar-refractivity contribution in [3.8, 4) is 0 Å². The highest BCUT2D eigenvalue weighted by atomic mass is 32.1. The molecule has 0 N–H and O–H groups in total. The molecule has 0 unspecified atom stereocenters. The van der Waals surface area contributed by atoms with Crippen LogP contribution in [0.4, 0.5) is 5.13 Å². The van der Waals surface area contributed by atoms with Crippen LogP contribution in [-0.4, -0.2) is 20.7 Å². The number of hydrogen-bond acceptors (Lipinski definition) is 4. The van der Waals surface area contributed by atoms with Gasteiger partial charge >= 0.3 is 0 Å². The van der Waals surface area contributed by atoms with E-state index < -0.39 is 0 Å². The Bertz CT molecular complexity index is 1100. The van der Waals surface area contributed by atoms with Crippen LogP contribution in [0.2, 0.25) is 0 Å². The van der Waals surface area contributed by atoms with Crippen molar-refractivity contribution in [1.29, 1.82) is 0 Å². The molecule has 5 nitrogen and oxygen atoms in total. The van der Waals surface area contributed by atoms with Gasteiger partial charge in [0.1, 0.15) is 5.69 Å². The van der Waals surface area contributed by atoms with Gasteiger partial charge < -0.3 is 0 Å². The Morgan fingerprint density at radius 3 is 2.39 bits per heavy atom. The zero-order valence-electron chi connectivity index (χ0n) is 16.4. The molecule has 2 aromatic carbocycles. The van der Waals surface area contributed by atoms with Crippen LogP contribution < -0.4 is 4.90 Å². The number of carbonyl (C=O) groups excluding carboxylic acids is 1. The van der Waals surface area contributed by atoms with Crippen molar-refractivity contribution >= 4 is 32.6 Å². The Balaban J connectivity index is 1.85. The van der Waals surface area contributed by atoms with Gasteiger partial charge in [0.25, 0.3) is 5.91 Å². The zero-order chi connectivity index (χ0) is 19.8. The first-order valence-corrected chi connectivity index (χ1v) is 9.98. The van der Waals surface area contributed by atoms with E-state index in [9.17, 15) is 4.79 Å². The fourth-order valence-corrected chi connectivity index (χ4v) is 4.45. The number of hydrogen-bond donors (Lipinski definition) is 0. The number of rotatable bonds is 4. The van der Waals surface area contributed by atoms with Gasteiger partial charge in [0.15, 0.2) is 5.13 Å². The molecule has 0 saturated carbocycles. The van der Waals surface area contributed by atoms with Gasteiger partial charge in [-0.25, -0.2) is 4.98 Å². The third kappa shape index (κ3) is 3.20. The summed E-state index contributed by atoms with van der Waals surface area (Å²) < 4.78 is 2.77. The number of carbonyl (C=O) groups is 1. The summed E-state index contributed by atoms with van der Waals surface area (Å²) in [5.74, 6) is -0.0873. The van der Waals surface area contributed by atoms with Crippen LogP contribution in [0.15, 0.2) is 48.7 Å². The Labute approximate surface area is 168 Å². The molecule has 6 heteroatoms. The maximum absolute atomic E-state index is 13.5. The van der Waals surface area contributed by atoms with Crippen LogP contribution in [0.3, 0.4) is 0 Å². The van der Waals surface area contributed by atoms with Crippen LogP contribution >= 0.6 is 11.3 Å². The van der Waals surface area contributed by atoms with Crippen molar-refractivity contribution in [1.82, 2.24) is 14.8 Å². The van der Waals surface area contributed by atoms with E-state index in [1.165, 1.54) is 5.56 Å². The maximum Gasteiger partial charge on any atom is 0.278 e. The first kappa shape index (κ1) is 18.4. The normalized spacial score (nSPS) is 11.1. The summed E-state index contributed by atoms with van der Waals surface area (Å²) in [6.45, 7) is 6.51. The van der Waals surface area contributed by atoms with E-state index in [0.717, 1.165) is 26.9 Å². The molecule has 1 amide bonds. The number of aromatic nitrogens is 3. The van der Waals surface area contributed by atoms with E-state index in [1.807, 2.05) is 37.3 Å². The summed E-state index contributed by atoms with van der Waals surface area (Å²) in [6, 6.07) is 14.2. The van der Waals surface area contributed by atoms with Crippen LogP contribution in [0, 0.1) is 20.8 Å². The molecule has 2 heterocycles. The fourth-order valence-electron chi connectivity index (χ4n) is 3.34. The summed E-state index contributed by atoms with van der Waals surface area (Å²) >= 11 is 1.57. The Hall–Kier alpha value is -2.99. The number of aryl methyl sites for hydroxylation is 4. The first-order chi connectivity index (χ1) is 13.5. The topological polar surface area (TPSA) is 51.0 Å². The Morgan fingerprint density at radius 2 is 1.75 bits per heavy atom. The fraction of sp³-hybridized carbons (Fsp3) is 0.227. The molecule has 4 rings (SSSR count). The lowest BCUT2D eigenvalue weighted by molar-refractivity contribution is 0.0975. The molecule has 0 bridgehead atoms. The SMILES string of the molecule is Cc1cnn(C)c1C(=O)N(Cc1ccccc1)c1nc2c(C)ccc(C)c2s1. The molecule has 0 radical (unpaired) electrons. The average Bonchev–Trinajstić information content (AvgIpc) is 3.28. The van der Waals surface area contributed by atoms with Gasteiger partial charge in [-0.3, -0.25) is 14.4 Å². The zero-order valence-corrected chi connectivity index (χ0v) is 17.2. The number of thiazole rings is 1. The van der Waals surface area contributed by atoms with Crippen LogP contribution in [-0.2, 0) is 13.6 Å². The quantitative estimate of drug-likeness (QED) is 0.503. The molecule has 0 fully saturated rings. The van der Waals surface area contributed by atoms with Crippen LogP contribution in [0.5, 0.6) is 0 Å². The van der Waals surface area contributed by atoms with Gasteiger partial charge in [-0.1, -0.05) is 53.8 Å². The lowest BCUT2D eigenvalue weighted by atomic mass is 10.1. The number of nitrogens with zero attached hydrogens (tertiary/aromatic N) is 4. The molecule has 2 aromatic heterocycles. The average molecular weight is 391 g/mol. The molecule has 4 aromatic rings. The van der Waals surface area contributed by atoms with Crippen molar-refractivity contribution in [3.63, 3.8) is 0 Å². The van der Waals surface area contributed by atoms with Crippen molar-refractivity contribution in [3.05, 3.63) is 76.6 Å². The summed E-state index contributed by atoms with van der Waals surface area (Å²) in [4.78, 5) is 20.2. The predicted molar refractivity (Wildman–Crippen MR) is 114 cm³/mol. The van der Waals surface area contributed by atoms with Gasteiger partial charge in [-0.15, -0.1) is 0 Å². The second-order valence-corrected chi connectivity index (χ2v) is 8.03. The van der Waals surface area contributed by atoms with Crippen molar-refractivity contribution in [2.45, 2.75) is 27.3 Å². The van der Waals surface area contributed by atoms with Gasteiger partial charge in [0, 0.05) is 7.05 Å². The standard InChI is InChI=1S/C22H22N4OS/c1-14-10-11-15(2)20-18(14)24-22(28-20)26(13-17-8-6-5-7-9-17)21(27)19-16(3)12-23-25(19)4/h5-12H,13H2,1-4H3. The highest BCUT2D eigenvalue weighted by Gasteiger charge is 2.26. The lowest BCUT2D eigenvalue weighted by Gasteiger charge is -2.20. The predicted octanol–water partition coefficient (Wildman–Crippen LogP) is 4.80. The third-order valence-corrected chi connectivity index (χ3v) is 6.13. The number of amides is 1. The van der Waals surface area contributed by atoms with Gasteiger partial charge in [0.05, 0.1) is 23.0 Å². The monoisotopic (exact) mass is 390 g/mol. The van der Waals surface area contributed by atoms with E-state index in [0.29, 0.717) is 17.4 Å². The molecule has 0 aliphatic heterocycles. The summed E-state index contributed by atoms with van der Waals surface area (Å²) in [7, 11) is 1.80. The second kappa shape index (κ2) is 7.20. The van der Waals surface area contributed by atoms with E-state index >= 15 is 0 Å². The molecule has 0 saturated heterocycles. The minimum atomic E-state index is -0.0873. The molecule has 0 aliphatic rings. The van der Waals surface area contributed by atoms with Crippen molar-refractivity contribution in [2.75, 3.05) is 4.90 Å². The second-order valence-electron chi connectivity index (χ2n) is 7.05. The molecule has 0 atom stereocenters. The maximum atomic E-state index is 13.5. The number of fused-ring (bicyclic) bond motifs is 1. The summed E-state index contributed by atoms with van der Waals surface area (Å²) in [5, 5.41) is 4.95. The number of benzene rings is 2. The van der Waals surface area contributed by atoms with E-state index in [4.69, 9.17) is 4.98 Å². The summed E-state index contributed by atoms with van der Waals surface area (Å²) in [5.41, 5.74) is 5.76. The molecular weight excluding hydrogens is 368 g/mol. The smallest absolute Gasteiger partial charge is 0.278 e. The largest absolute Gasteiger partial charge is 0.278 e. The lowest BCUT2D eigenvalue weighted by Crippen LogP contribution is -2.32.